The highest BCUT2D eigenvalue weighted by Gasteiger charge is 2.23. The van der Waals surface area contributed by atoms with Crippen molar-refractivity contribution in [3.63, 3.8) is 0 Å². The van der Waals surface area contributed by atoms with Crippen molar-refractivity contribution >= 4 is 5.82 Å². The van der Waals surface area contributed by atoms with E-state index in [1.54, 1.807) is 7.05 Å². The fourth-order valence-electron chi connectivity index (χ4n) is 3.65. The highest BCUT2D eigenvalue weighted by Crippen LogP contribution is 2.34. The van der Waals surface area contributed by atoms with Crippen LogP contribution in [0.25, 0.3) is 22.6 Å². The molecule has 4 N–H and O–H groups in total. The lowest BCUT2D eigenvalue weighted by molar-refractivity contribution is 0.108. The molecule has 170 valence electrons. The van der Waals surface area contributed by atoms with E-state index in [1.807, 2.05) is 45.0 Å². The minimum Gasteiger partial charge on any atom is -0.491 e. The smallest absolute Gasteiger partial charge is 0.162 e. The van der Waals surface area contributed by atoms with Gasteiger partial charge in [0, 0.05) is 30.8 Å². The number of hydrogen-bond donors (Lipinski definition) is 4. The Morgan fingerprint density at radius 2 is 2.06 bits per heavy atom. The first-order valence-corrected chi connectivity index (χ1v) is 10.8. The van der Waals surface area contributed by atoms with Crippen LogP contribution in [0.5, 0.6) is 5.75 Å². The summed E-state index contributed by atoms with van der Waals surface area (Å²) in [5.41, 5.74) is 4.27. The SMILES string of the molecule is CNCC(O)COc1cccc(-c2nc(NC3CNC3)c(C)c(-c3c(C)noc3C)n2)c1. The molecule has 1 aromatic carbocycles. The quantitative estimate of drug-likeness (QED) is 0.398. The molecular weight excluding hydrogens is 408 g/mol. The lowest BCUT2D eigenvalue weighted by atomic mass is 10.0. The molecule has 1 aliphatic heterocycles. The molecule has 0 aliphatic carbocycles. The second-order valence-corrected chi connectivity index (χ2v) is 8.12. The number of rotatable bonds is 9. The van der Waals surface area contributed by atoms with E-state index in [1.165, 1.54) is 0 Å². The highest BCUT2D eigenvalue weighted by molar-refractivity contribution is 5.74. The zero-order valence-electron chi connectivity index (χ0n) is 18.9. The van der Waals surface area contributed by atoms with Crippen LogP contribution in [0.15, 0.2) is 28.8 Å². The summed E-state index contributed by atoms with van der Waals surface area (Å²) < 4.78 is 11.2. The first-order chi connectivity index (χ1) is 15.5. The summed E-state index contributed by atoms with van der Waals surface area (Å²) >= 11 is 0. The number of nitrogens with one attached hydrogen (secondary N) is 3. The Morgan fingerprint density at radius 1 is 1.25 bits per heavy atom. The van der Waals surface area contributed by atoms with E-state index in [2.05, 4.69) is 21.1 Å². The second kappa shape index (κ2) is 9.64. The molecule has 0 bridgehead atoms. The summed E-state index contributed by atoms with van der Waals surface area (Å²) in [7, 11) is 1.79. The number of anilines is 1. The molecule has 4 rings (SSSR count). The second-order valence-electron chi connectivity index (χ2n) is 8.12. The van der Waals surface area contributed by atoms with Crippen molar-refractivity contribution in [3.05, 3.63) is 41.3 Å². The third kappa shape index (κ3) is 4.74. The van der Waals surface area contributed by atoms with Gasteiger partial charge in [-0.1, -0.05) is 17.3 Å². The number of hydrogen-bond acceptors (Lipinski definition) is 9. The number of nitrogens with zero attached hydrogens (tertiary/aromatic N) is 3. The van der Waals surface area contributed by atoms with Gasteiger partial charge < -0.3 is 30.3 Å². The van der Waals surface area contributed by atoms with Crippen LogP contribution in [0, 0.1) is 20.8 Å². The zero-order chi connectivity index (χ0) is 22.7. The maximum Gasteiger partial charge on any atom is 0.162 e. The fraction of sp³-hybridized carbons (Fsp3) is 0.435. The Hall–Kier alpha value is -3.01. The minimum absolute atomic E-state index is 0.199. The molecule has 1 aliphatic rings. The summed E-state index contributed by atoms with van der Waals surface area (Å²) in [6.45, 7) is 8.29. The number of aromatic nitrogens is 3. The minimum atomic E-state index is -0.586. The summed E-state index contributed by atoms with van der Waals surface area (Å²) in [6.07, 6.45) is -0.586. The van der Waals surface area contributed by atoms with Crippen LogP contribution in [0.3, 0.4) is 0 Å². The van der Waals surface area contributed by atoms with Crippen LogP contribution in [0.1, 0.15) is 17.0 Å². The highest BCUT2D eigenvalue weighted by atomic mass is 16.5. The Labute approximate surface area is 187 Å². The lowest BCUT2D eigenvalue weighted by Gasteiger charge is -2.29. The van der Waals surface area contributed by atoms with Gasteiger partial charge in [-0.25, -0.2) is 9.97 Å². The molecule has 0 radical (unpaired) electrons. The Balaban J connectivity index is 1.71. The maximum absolute atomic E-state index is 9.93. The molecule has 0 spiro atoms. The number of ether oxygens (including phenoxy) is 1. The molecule has 0 amide bonds. The average molecular weight is 439 g/mol. The van der Waals surface area contributed by atoms with E-state index in [9.17, 15) is 5.11 Å². The number of aryl methyl sites for hydroxylation is 2. The van der Waals surface area contributed by atoms with Crippen LogP contribution >= 0.6 is 0 Å². The van der Waals surface area contributed by atoms with Crippen LogP contribution in [-0.2, 0) is 0 Å². The number of benzene rings is 1. The summed E-state index contributed by atoms with van der Waals surface area (Å²) in [5.74, 6) is 2.76. The van der Waals surface area contributed by atoms with Gasteiger partial charge >= 0.3 is 0 Å². The van der Waals surface area contributed by atoms with E-state index in [0.717, 1.165) is 52.7 Å². The van der Waals surface area contributed by atoms with Crippen molar-refractivity contribution in [3.8, 4) is 28.4 Å². The monoisotopic (exact) mass is 438 g/mol. The normalized spacial score (nSPS) is 14.8. The molecule has 9 heteroatoms. The first-order valence-electron chi connectivity index (χ1n) is 10.8. The predicted molar refractivity (Wildman–Crippen MR) is 123 cm³/mol. The van der Waals surface area contributed by atoms with Crippen molar-refractivity contribution in [2.75, 3.05) is 38.6 Å². The average Bonchev–Trinajstić information content (AvgIpc) is 3.08. The largest absolute Gasteiger partial charge is 0.491 e. The van der Waals surface area contributed by atoms with E-state index in [4.69, 9.17) is 19.2 Å². The van der Waals surface area contributed by atoms with Crippen LogP contribution in [0.4, 0.5) is 5.82 Å². The number of aliphatic hydroxyl groups is 1. The molecule has 32 heavy (non-hydrogen) atoms. The van der Waals surface area contributed by atoms with Gasteiger partial charge in [0.1, 0.15) is 30.0 Å². The summed E-state index contributed by atoms with van der Waals surface area (Å²) in [4.78, 5) is 9.75. The van der Waals surface area contributed by atoms with Crippen molar-refractivity contribution in [2.45, 2.75) is 32.9 Å². The predicted octanol–water partition coefficient (Wildman–Crippen LogP) is 2.07. The maximum atomic E-state index is 9.93. The van der Waals surface area contributed by atoms with E-state index < -0.39 is 6.10 Å². The first kappa shape index (κ1) is 22.2. The zero-order valence-corrected chi connectivity index (χ0v) is 18.9. The molecule has 1 unspecified atom stereocenters. The third-order valence-corrected chi connectivity index (χ3v) is 5.51. The molecule has 3 aromatic rings. The number of aliphatic hydroxyl groups excluding tert-OH is 1. The topological polar surface area (TPSA) is 117 Å². The summed E-state index contributed by atoms with van der Waals surface area (Å²) in [6, 6.07) is 7.93. The fourth-order valence-corrected chi connectivity index (χ4v) is 3.65. The van der Waals surface area contributed by atoms with Gasteiger partial charge in [0.15, 0.2) is 5.82 Å². The van der Waals surface area contributed by atoms with Gasteiger partial charge in [-0.05, 0) is 40.0 Å². The molecule has 2 aromatic heterocycles. The van der Waals surface area contributed by atoms with Crippen LogP contribution in [0.2, 0.25) is 0 Å². The lowest BCUT2D eigenvalue weighted by Crippen LogP contribution is -2.51. The van der Waals surface area contributed by atoms with Crippen molar-refractivity contribution < 1.29 is 14.4 Å². The Morgan fingerprint density at radius 3 is 2.72 bits per heavy atom. The number of likely N-dealkylation sites (N-methyl/N-ethyl adjacent to an activating group) is 1. The standard InChI is InChI=1S/C23H30N6O3/c1-13-21(20-14(2)29-32-15(20)3)27-23(28-22(13)26-17-9-25-10-17)16-6-5-7-19(8-16)31-12-18(30)11-24-4/h5-8,17-18,24-25,30H,9-12H2,1-4H3,(H,26,27,28). The molecule has 1 atom stereocenters. The van der Waals surface area contributed by atoms with Gasteiger partial charge in [-0.3, -0.25) is 0 Å². The Kier molecular flexibility index (Phi) is 6.69. The van der Waals surface area contributed by atoms with Crippen molar-refractivity contribution in [1.29, 1.82) is 0 Å². The van der Waals surface area contributed by atoms with Gasteiger partial charge in [-0.15, -0.1) is 0 Å². The van der Waals surface area contributed by atoms with E-state index >= 15 is 0 Å². The van der Waals surface area contributed by atoms with Gasteiger partial charge in [0.25, 0.3) is 0 Å². The van der Waals surface area contributed by atoms with E-state index in [0.29, 0.717) is 24.2 Å². The molecule has 9 nitrogen and oxygen atoms in total. The Bertz CT molecular complexity index is 1060. The van der Waals surface area contributed by atoms with Gasteiger partial charge in [0.05, 0.1) is 23.0 Å². The molecule has 1 fully saturated rings. The molecular formula is C23H30N6O3. The van der Waals surface area contributed by atoms with Crippen LogP contribution < -0.4 is 20.7 Å². The van der Waals surface area contributed by atoms with Gasteiger partial charge in [-0.2, -0.15) is 0 Å². The van der Waals surface area contributed by atoms with Crippen LogP contribution in [-0.4, -0.2) is 65.7 Å². The molecule has 1 saturated heterocycles. The summed E-state index contributed by atoms with van der Waals surface area (Å²) in [5, 5.41) is 23.8. The molecule has 3 heterocycles. The molecule has 0 saturated carbocycles. The van der Waals surface area contributed by atoms with Crippen molar-refractivity contribution in [2.24, 2.45) is 0 Å². The van der Waals surface area contributed by atoms with E-state index in [-0.39, 0.29) is 6.61 Å². The van der Waals surface area contributed by atoms with Crippen molar-refractivity contribution in [1.82, 2.24) is 25.8 Å². The van der Waals surface area contributed by atoms with Gasteiger partial charge in [0.2, 0.25) is 0 Å². The third-order valence-electron chi connectivity index (χ3n) is 5.51.